The minimum absolute atomic E-state index is 0.566. The van der Waals surface area contributed by atoms with E-state index in [0.29, 0.717) is 23.6 Å². The van der Waals surface area contributed by atoms with E-state index < -0.39 is 0 Å². The topological polar surface area (TPSA) is 120 Å². The third-order valence-corrected chi connectivity index (χ3v) is 32.0. The van der Waals surface area contributed by atoms with Crippen LogP contribution in [0.15, 0.2) is 478 Å². The van der Waals surface area contributed by atoms with Gasteiger partial charge in [0.2, 0.25) is 23.6 Å². The fourth-order valence-electron chi connectivity index (χ4n) is 23.8. The SMILES string of the molecule is c1ccc(-c2nc(-n3c4ccccc4c4c5ccccc5c5c6ccccc6n(-c6ccccc6)c5c43)nc3c2sc2ccccc23)cc1.c1ccc(-c2nc(-n3c4ccccc4c4c5ccccc5c5c6ccccc6n(-c6ccccc6)c5c43)nc3oc4ccccc4c23)cc1.c1ccc(-c2nc(-n3c4ccccc4c4c5ccccc5c5c6ccccc6n(-c6ccccc6)c5c43)nc3sc4ccccc4c23)cc1. The van der Waals surface area contributed by atoms with Crippen molar-refractivity contribution in [2.75, 3.05) is 0 Å². The van der Waals surface area contributed by atoms with Crippen LogP contribution in [0.25, 0.3) is 295 Å². The lowest BCUT2D eigenvalue weighted by molar-refractivity contribution is 0.651. The van der Waals surface area contributed by atoms with E-state index in [-0.39, 0.29) is 0 Å². The Labute approximate surface area is 845 Å². The van der Waals surface area contributed by atoms with Crippen LogP contribution in [-0.4, -0.2) is 57.3 Å². The van der Waals surface area contributed by atoms with Gasteiger partial charge in [0.05, 0.1) is 98.9 Å². The second-order valence-corrected chi connectivity index (χ2v) is 39.7. The molecule has 33 aromatic rings. The first-order chi connectivity index (χ1) is 73.0. The first-order valence-electron chi connectivity index (χ1n) is 49.6. The Morgan fingerprint density at radius 1 is 0.177 bits per heavy atom. The summed E-state index contributed by atoms with van der Waals surface area (Å²) < 4.78 is 24.2. The number of fused-ring (bicyclic) bond motifs is 39. The third kappa shape index (κ3) is 12.3. The predicted molar refractivity (Wildman–Crippen MR) is 614 cm³/mol. The number of furan rings is 1. The molecule has 0 bridgehead atoms. The molecule has 33 rings (SSSR count). The average Bonchev–Trinajstić information content (AvgIpc) is 1.53. The van der Waals surface area contributed by atoms with Gasteiger partial charge < -0.3 is 18.1 Å². The van der Waals surface area contributed by atoms with E-state index in [4.69, 9.17) is 34.3 Å². The summed E-state index contributed by atoms with van der Waals surface area (Å²) in [5.41, 5.74) is 25.0. The smallest absolute Gasteiger partial charge is 0.238 e. The van der Waals surface area contributed by atoms with Crippen LogP contribution < -0.4 is 0 Å². The molecule has 0 aliphatic carbocycles. The molecule has 0 unspecified atom stereocenters. The minimum Gasteiger partial charge on any atom is -0.437 e. The largest absolute Gasteiger partial charge is 0.437 e. The van der Waals surface area contributed by atoms with Gasteiger partial charge in [0.1, 0.15) is 10.4 Å². The lowest BCUT2D eigenvalue weighted by atomic mass is 9.98. The zero-order chi connectivity index (χ0) is 96.2. The summed E-state index contributed by atoms with van der Waals surface area (Å²) in [7, 11) is 0. The van der Waals surface area contributed by atoms with Crippen LogP contribution in [0.2, 0.25) is 0 Å². The molecule has 12 heterocycles. The summed E-state index contributed by atoms with van der Waals surface area (Å²) in [5.74, 6) is 1.91. The molecule has 13 nitrogen and oxygen atoms in total. The molecule has 0 aliphatic rings. The predicted octanol–water partition coefficient (Wildman–Crippen LogP) is 35.1. The number of hydrogen-bond donors (Lipinski definition) is 0. The molecule has 21 aromatic carbocycles. The van der Waals surface area contributed by atoms with E-state index in [1.807, 2.05) is 24.3 Å². The Kier molecular flexibility index (Phi) is 18.3. The van der Waals surface area contributed by atoms with Crippen molar-refractivity contribution in [1.29, 1.82) is 0 Å². The summed E-state index contributed by atoms with van der Waals surface area (Å²) in [6.45, 7) is 0. The van der Waals surface area contributed by atoms with Crippen LogP contribution in [0.4, 0.5) is 0 Å². The van der Waals surface area contributed by atoms with Crippen molar-refractivity contribution >= 4 is 249 Å². The van der Waals surface area contributed by atoms with Crippen molar-refractivity contribution in [2.45, 2.75) is 0 Å². The maximum absolute atomic E-state index is 6.51. The highest BCUT2D eigenvalue weighted by atomic mass is 32.1. The van der Waals surface area contributed by atoms with Crippen molar-refractivity contribution < 1.29 is 4.42 Å². The molecule has 0 N–H and O–H groups in total. The molecule has 0 amide bonds. The number of para-hydroxylation sites is 10. The van der Waals surface area contributed by atoms with Gasteiger partial charge in [0, 0.05) is 129 Å². The molecule has 0 radical (unpaired) electrons. The lowest BCUT2D eigenvalue weighted by Crippen LogP contribution is -2.04. The van der Waals surface area contributed by atoms with Gasteiger partial charge in [-0.2, -0.15) is 4.98 Å². The van der Waals surface area contributed by atoms with Gasteiger partial charge in [-0.15, -0.1) is 22.7 Å². The average molecular weight is 1910 g/mol. The summed E-state index contributed by atoms with van der Waals surface area (Å²) in [6, 6.07) is 168. The van der Waals surface area contributed by atoms with E-state index >= 15 is 0 Å². The highest BCUT2D eigenvalue weighted by molar-refractivity contribution is 7.26. The number of rotatable bonds is 9. The minimum atomic E-state index is 0.566. The molecular formula is C132H78N12OS2. The quantitative estimate of drug-likeness (QED) is 0.141. The van der Waals surface area contributed by atoms with Crippen LogP contribution in [0.1, 0.15) is 0 Å². The third-order valence-electron chi connectivity index (χ3n) is 29.8. The molecule has 0 aliphatic heterocycles. The molecule has 0 spiro atoms. The second-order valence-electron chi connectivity index (χ2n) is 37.6. The van der Waals surface area contributed by atoms with Crippen molar-refractivity contribution in [1.82, 2.24) is 57.3 Å². The van der Waals surface area contributed by atoms with E-state index in [2.05, 4.69) is 476 Å². The Morgan fingerprint density at radius 3 is 0.810 bits per heavy atom. The second kappa shape index (κ2) is 32.6. The van der Waals surface area contributed by atoms with Crippen LogP contribution in [-0.2, 0) is 0 Å². The van der Waals surface area contributed by atoms with Gasteiger partial charge in [0.25, 0.3) is 0 Å². The summed E-state index contributed by atoms with van der Waals surface area (Å²) in [6.07, 6.45) is 0. The molecule has 0 saturated heterocycles. The molecule has 684 valence electrons. The normalized spacial score (nSPS) is 12.1. The van der Waals surface area contributed by atoms with Crippen LogP contribution >= 0.6 is 22.7 Å². The monoisotopic (exact) mass is 1910 g/mol. The van der Waals surface area contributed by atoms with Gasteiger partial charge >= 0.3 is 0 Å². The molecule has 0 fully saturated rings. The van der Waals surface area contributed by atoms with Crippen LogP contribution in [0.5, 0.6) is 0 Å². The van der Waals surface area contributed by atoms with E-state index in [1.165, 1.54) is 117 Å². The zero-order valence-electron chi connectivity index (χ0n) is 78.6. The Bertz CT molecular complexity index is 10900. The highest BCUT2D eigenvalue weighted by Gasteiger charge is 2.33. The van der Waals surface area contributed by atoms with Crippen LogP contribution in [0.3, 0.4) is 0 Å². The molecule has 147 heavy (non-hydrogen) atoms. The molecule has 0 atom stereocenters. The number of thiophene rings is 2. The molecular weight excluding hydrogens is 1830 g/mol. The van der Waals surface area contributed by atoms with E-state index in [0.717, 1.165) is 154 Å². The van der Waals surface area contributed by atoms with Gasteiger partial charge in [0.15, 0.2) is 0 Å². The Balaban J connectivity index is 0.0000000999. The van der Waals surface area contributed by atoms with Gasteiger partial charge in [-0.25, -0.2) is 24.9 Å². The van der Waals surface area contributed by atoms with E-state index in [9.17, 15) is 0 Å². The molecule has 0 saturated carbocycles. The van der Waals surface area contributed by atoms with Gasteiger partial charge in [-0.3, -0.25) is 13.7 Å². The summed E-state index contributed by atoms with van der Waals surface area (Å²) in [4.78, 5) is 33.7. The number of hydrogen-bond acceptors (Lipinski definition) is 9. The highest BCUT2D eigenvalue weighted by Crippen LogP contribution is 2.54. The number of nitrogens with zero attached hydrogens (tertiary/aromatic N) is 12. The molecule has 12 aromatic heterocycles. The van der Waals surface area contributed by atoms with Crippen molar-refractivity contribution in [3.63, 3.8) is 0 Å². The van der Waals surface area contributed by atoms with Gasteiger partial charge in [-0.05, 0) is 123 Å². The maximum atomic E-state index is 6.51. The fourth-order valence-corrected chi connectivity index (χ4v) is 26.1. The summed E-state index contributed by atoms with van der Waals surface area (Å²) in [5, 5.41) is 27.1. The molecule has 15 heteroatoms. The standard InChI is InChI=1S/C44H26N4O.2C44H26N4S/c2*1-3-15-27(16-4-1)40-39-33-23-11-14-26-36(33)49-43(39)46-44(45-40)48-35-25-13-10-22-32(35)38-30-20-8-7-19-29(30)37-31-21-9-12-24-34(31)47(41(37)42(38)48)28-17-5-2-6-18-28;1-3-15-27(16-4-1)39-43-40(33-23-11-14-26-36(33)49-43)46-44(45-39)48-35-25-13-10-22-32(35)38-30-20-8-7-19-29(30)37-31-21-9-12-24-34(31)47(41(37)42(38)48)28-17-5-2-6-18-28/h3*1-26H. The number of aromatic nitrogens is 12. The van der Waals surface area contributed by atoms with Gasteiger partial charge in [-0.1, -0.05) is 382 Å². The van der Waals surface area contributed by atoms with Crippen molar-refractivity contribution in [2.24, 2.45) is 0 Å². The maximum Gasteiger partial charge on any atom is 0.238 e. The first-order valence-corrected chi connectivity index (χ1v) is 51.2. The Hall–Kier alpha value is -19.3. The fraction of sp³-hybridized carbons (Fsp3) is 0. The van der Waals surface area contributed by atoms with E-state index in [1.54, 1.807) is 22.7 Å². The lowest BCUT2D eigenvalue weighted by Gasteiger charge is -2.14. The first kappa shape index (κ1) is 82.4. The van der Waals surface area contributed by atoms with Crippen LogP contribution in [0, 0.1) is 0 Å². The zero-order valence-corrected chi connectivity index (χ0v) is 80.3. The van der Waals surface area contributed by atoms with Crippen molar-refractivity contribution in [3.05, 3.63) is 473 Å². The van der Waals surface area contributed by atoms with Crippen molar-refractivity contribution in [3.8, 4) is 68.7 Å². The number of benzene rings is 21. The Morgan fingerprint density at radius 2 is 0.435 bits per heavy atom. The summed E-state index contributed by atoms with van der Waals surface area (Å²) >= 11 is 3.50.